The molecule has 7 nitrogen and oxygen atoms in total. The third kappa shape index (κ3) is 4.93. The summed E-state index contributed by atoms with van der Waals surface area (Å²) in [6.45, 7) is 4.10. The van der Waals surface area contributed by atoms with Crippen LogP contribution in [0.25, 0.3) is 16.9 Å². The lowest BCUT2D eigenvalue weighted by molar-refractivity contribution is -0.384. The van der Waals surface area contributed by atoms with Crippen LogP contribution in [0.4, 0.5) is 15.8 Å². The smallest absolute Gasteiger partial charge is 0.269 e. The number of piperazine rings is 1. The van der Waals surface area contributed by atoms with Crippen LogP contribution in [0.2, 0.25) is 5.02 Å². The van der Waals surface area contributed by atoms with Gasteiger partial charge in [-0.05, 0) is 61.0 Å². The quantitative estimate of drug-likeness (QED) is 0.236. The molecule has 0 atom stereocenters. The first-order chi connectivity index (χ1) is 17.8. The van der Waals surface area contributed by atoms with Crippen molar-refractivity contribution in [3.05, 3.63) is 111 Å². The van der Waals surface area contributed by atoms with Gasteiger partial charge in [-0.2, -0.15) is 0 Å². The van der Waals surface area contributed by atoms with E-state index in [0.29, 0.717) is 42.5 Å². The molecule has 3 aromatic carbocycles. The van der Waals surface area contributed by atoms with E-state index in [9.17, 15) is 19.3 Å². The van der Waals surface area contributed by atoms with Gasteiger partial charge in [-0.15, -0.1) is 0 Å². The SMILES string of the molecule is Cc1c(C(=O)N2CCN(c3ccc([N+](=O)[O-])cc3)CC2)cc(-c2ccc(Cl)cc2)n1-c1cccc(F)c1. The van der Waals surface area contributed by atoms with E-state index in [1.165, 1.54) is 24.3 Å². The molecule has 1 amide bonds. The Morgan fingerprint density at radius 1 is 0.919 bits per heavy atom. The fourth-order valence-electron chi connectivity index (χ4n) is 4.73. The maximum atomic E-state index is 14.1. The van der Waals surface area contributed by atoms with E-state index in [0.717, 1.165) is 22.6 Å². The number of benzene rings is 3. The number of carbonyl (C=O) groups is 1. The van der Waals surface area contributed by atoms with Crippen LogP contribution < -0.4 is 4.90 Å². The highest BCUT2D eigenvalue weighted by Crippen LogP contribution is 2.32. The van der Waals surface area contributed by atoms with Gasteiger partial charge in [0, 0.05) is 60.4 Å². The molecule has 0 unspecified atom stereocenters. The summed E-state index contributed by atoms with van der Waals surface area (Å²) in [5, 5.41) is 11.5. The summed E-state index contributed by atoms with van der Waals surface area (Å²) in [5.74, 6) is -0.450. The van der Waals surface area contributed by atoms with Crippen LogP contribution in [0.3, 0.4) is 0 Å². The summed E-state index contributed by atoms with van der Waals surface area (Å²) in [6.07, 6.45) is 0. The number of aromatic nitrogens is 1. The van der Waals surface area contributed by atoms with Crippen molar-refractivity contribution >= 4 is 28.9 Å². The van der Waals surface area contributed by atoms with Gasteiger partial charge in [0.25, 0.3) is 11.6 Å². The molecular weight excluding hydrogens is 495 g/mol. The summed E-state index contributed by atoms with van der Waals surface area (Å²) in [4.78, 5) is 28.1. The first-order valence-corrected chi connectivity index (χ1v) is 12.2. The van der Waals surface area contributed by atoms with Crippen molar-refractivity contribution in [3.8, 4) is 16.9 Å². The van der Waals surface area contributed by atoms with Gasteiger partial charge in [0.05, 0.1) is 16.2 Å². The van der Waals surface area contributed by atoms with E-state index in [4.69, 9.17) is 11.6 Å². The highest BCUT2D eigenvalue weighted by atomic mass is 35.5. The van der Waals surface area contributed by atoms with Gasteiger partial charge in [-0.25, -0.2) is 4.39 Å². The van der Waals surface area contributed by atoms with Gasteiger partial charge >= 0.3 is 0 Å². The van der Waals surface area contributed by atoms with Crippen molar-refractivity contribution in [1.29, 1.82) is 0 Å². The molecule has 1 aromatic heterocycles. The molecule has 1 fully saturated rings. The number of hydrogen-bond donors (Lipinski definition) is 0. The van der Waals surface area contributed by atoms with Crippen molar-refractivity contribution in [2.45, 2.75) is 6.92 Å². The molecule has 0 radical (unpaired) electrons. The van der Waals surface area contributed by atoms with E-state index in [2.05, 4.69) is 4.90 Å². The highest BCUT2D eigenvalue weighted by Gasteiger charge is 2.27. The standard InChI is InChI=1S/C28H24ClFN4O3/c1-19-26(28(35)32-15-13-31(14-16-32)23-9-11-24(12-10-23)34(36)37)18-27(20-5-7-21(29)8-6-20)33(19)25-4-2-3-22(30)17-25/h2-12,17-18H,13-16H2,1H3. The van der Waals surface area contributed by atoms with Crippen LogP contribution in [0, 0.1) is 22.9 Å². The van der Waals surface area contributed by atoms with Crippen molar-refractivity contribution in [3.63, 3.8) is 0 Å². The molecule has 4 aromatic rings. The predicted molar refractivity (Wildman–Crippen MR) is 142 cm³/mol. The third-order valence-electron chi connectivity index (χ3n) is 6.68. The Morgan fingerprint density at radius 3 is 2.22 bits per heavy atom. The summed E-state index contributed by atoms with van der Waals surface area (Å²) in [6, 6.07) is 21.9. The largest absolute Gasteiger partial charge is 0.368 e. The number of nitrogens with zero attached hydrogens (tertiary/aromatic N) is 4. The first-order valence-electron chi connectivity index (χ1n) is 11.8. The Hall–Kier alpha value is -4.17. The number of halogens is 2. The second-order valence-electron chi connectivity index (χ2n) is 8.90. The Bertz CT molecular complexity index is 1460. The van der Waals surface area contributed by atoms with Gasteiger partial charge in [-0.1, -0.05) is 29.8 Å². The topological polar surface area (TPSA) is 71.6 Å². The van der Waals surface area contributed by atoms with Gasteiger partial charge < -0.3 is 14.4 Å². The molecule has 2 heterocycles. The molecule has 0 saturated carbocycles. The fraction of sp³-hybridized carbons (Fsp3) is 0.179. The van der Waals surface area contributed by atoms with E-state index in [1.807, 2.05) is 40.7 Å². The van der Waals surface area contributed by atoms with Crippen LogP contribution in [0.5, 0.6) is 0 Å². The minimum absolute atomic E-state index is 0.0485. The number of anilines is 1. The van der Waals surface area contributed by atoms with Crippen LogP contribution in [-0.4, -0.2) is 46.5 Å². The van der Waals surface area contributed by atoms with Crippen LogP contribution in [-0.2, 0) is 0 Å². The van der Waals surface area contributed by atoms with Crippen molar-refractivity contribution in [2.24, 2.45) is 0 Å². The number of carbonyl (C=O) groups excluding carboxylic acids is 1. The second-order valence-corrected chi connectivity index (χ2v) is 9.34. The molecule has 37 heavy (non-hydrogen) atoms. The van der Waals surface area contributed by atoms with E-state index in [-0.39, 0.29) is 17.4 Å². The second kappa shape index (κ2) is 10.1. The van der Waals surface area contributed by atoms with Gasteiger partial charge in [0.1, 0.15) is 5.82 Å². The van der Waals surface area contributed by atoms with Gasteiger partial charge in [-0.3, -0.25) is 14.9 Å². The lowest BCUT2D eigenvalue weighted by Gasteiger charge is -2.36. The Balaban J connectivity index is 1.42. The van der Waals surface area contributed by atoms with Crippen molar-refractivity contribution in [2.75, 3.05) is 31.1 Å². The molecular formula is C28H24ClFN4O3. The molecule has 0 N–H and O–H groups in total. The Morgan fingerprint density at radius 2 is 1.59 bits per heavy atom. The van der Waals surface area contributed by atoms with Crippen LogP contribution in [0.1, 0.15) is 16.1 Å². The molecule has 1 saturated heterocycles. The monoisotopic (exact) mass is 518 g/mol. The van der Waals surface area contributed by atoms with Crippen molar-refractivity contribution in [1.82, 2.24) is 9.47 Å². The zero-order valence-electron chi connectivity index (χ0n) is 20.1. The number of rotatable bonds is 5. The number of non-ortho nitro benzene ring substituents is 1. The Kier molecular flexibility index (Phi) is 6.67. The molecule has 0 spiro atoms. The normalized spacial score (nSPS) is 13.6. The maximum absolute atomic E-state index is 14.1. The molecule has 1 aliphatic rings. The third-order valence-corrected chi connectivity index (χ3v) is 6.93. The predicted octanol–water partition coefficient (Wildman–Crippen LogP) is 6.12. The van der Waals surface area contributed by atoms with E-state index < -0.39 is 4.92 Å². The molecule has 0 aliphatic carbocycles. The summed E-state index contributed by atoms with van der Waals surface area (Å²) in [5.41, 5.74) is 4.47. The average molecular weight is 519 g/mol. The molecule has 0 bridgehead atoms. The molecule has 9 heteroatoms. The lowest BCUT2D eigenvalue weighted by atomic mass is 10.1. The lowest BCUT2D eigenvalue weighted by Crippen LogP contribution is -2.48. The zero-order valence-corrected chi connectivity index (χ0v) is 20.9. The average Bonchev–Trinajstić information content (AvgIpc) is 3.25. The van der Waals surface area contributed by atoms with Crippen molar-refractivity contribution < 1.29 is 14.1 Å². The summed E-state index contributed by atoms with van der Waals surface area (Å²) in [7, 11) is 0. The minimum atomic E-state index is -0.420. The van der Waals surface area contributed by atoms with E-state index >= 15 is 0 Å². The molecule has 5 rings (SSSR count). The number of nitro benzene ring substituents is 1. The highest BCUT2D eigenvalue weighted by molar-refractivity contribution is 6.30. The number of hydrogen-bond acceptors (Lipinski definition) is 4. The minimum Gasteiger partial charge on any atom is -0.368 e. The summed E-state index contributed by atoms with van der Waals surface area (Å²) < 4.78 is 16.0. The summed E-state index contributed by atoms with van der Waals surface area (Å²) >= 11 is 6.09. The zero-order chi connectivity index (χ0) is 26.1. The number of amides is 1. The maximum Gasteiger partial charge on any atom is 0.269 e. The Labute approximate surface area is 218 Å². The molecule has 188 valence electrons. The fourth-order valence-corrected chi connectivity index (χ4v) is 4.85. The first kappa shape index (κ1) is 24.5. The van der Waals surface area contributed by atoms with E-state index in [1.54, 1.807) is 30.3 Å². The number of nitro groups is 1. The van der Waals surface area contributed by atoms with Gasteiger partial charge in [0.2, 0.25) is 0 Å². The van der Waals surface area contributed by atoms with Crippen LogP contribution >= 0.6 is 11.6 Å². The van der Waals surface area contributed by atoms with Gasteiger partial charge in [0.15, 0.2) is 0 Å². The molecule has 1 aliphatic heterocycles. The van der Waals surface area contributed by atoms with Crippen LogP contribution in [0.15, 0.2) is 78.9 Å².